The van der Waals surface area contributed by atoms with Gasteiger partial charge in [-0.15, -0.1) is 0 Å². The normalized spacial score (nSPS) is 13.7. The second-order valence-electron chi connectivity index (χ2n) is 4.31. The quantitative estimate of drug-likeness (QED) is 0.806. The number of nitrogens with zero attached hydrogens (tertiary/aromatic N) is 1. The first kappa shape index (κ1) is 15.1. The van der Waals surface area contributed by atoms with E-state index in [0.29, 0.717) is 12.8 Å². The van der Waals surface area contributed by atoms with Gasteiger partial charge in [0.1, 0.15) is 0 Å². The number of halogens is 2. The van der Waals surface area contributed by atoms with Gasteiger partial charge in [0.2, 0.25) is 6.41 Å². The average molecular weight is 271 g/mol. The molecular weight excluding hydrogens is 256 g/mol. The van der Waals surface area contributed by atoms with Gasteiger partial charge >= 0.3 is 5.97 Å². The van der Waals surface area contributed by atoms with Crippen molar-refractivity contribution < 1.29 is 23.5 Å². The minimum absolute atomic E-state index is 0.0134. The lowest BCUT2D eigenvalue weighted by atomic mass is 9.90. The second-order valence-corrected chi connectivity index (χ2v) is 4.31. The third-order valence-corrected chi connectivity index (χ3v) is 3.06. The van der Waals surface area contributed by atoms with Crippen LogP contribution < -0.4 is 0 Å². The van der Waals surface area contributed by atoms with Crippen molar-refractivity contribution in [1.29, 1.82) is 0 Å². The van der Waals surface area contributed by atoms with Crippen molar-refractivity contribution in [3.05, 3.63) is 35.4 Å². The Morgan fingerprint density at radius 2 is 2.05 bits per heavy atom. The molecule has 1 N–H and O–H groups in total. The van der Waals surface area contributed by atoms with Crippen molar-refractivity contribution in [3.63, 3.8) is 0 Å². The topological polar surface area (TPSA) is 57.6 Å². The molecule has 0 saturated heterocycles. The standard InChI is InChI=1S/C13H15F2NO3/c1-3-6-16(8-17)13(2,12(18)19)9-4-5-10(14)11(15)7-9/h4-5,7-8H,3,6H2,1-2H3,(H,18,19). The molecule has 1 rings (SSSR count). The molecule has 104 valence electrons. The van der Waals surface area contributed by atoms with E-state index in [4.69, 9.17) is 0 Å². The zero-order valence-corrected chi connectivity index (χ0v) is 10.7. The van der Waals surface area contributed by atoms with Crippen LogP contribution in [0.5, 0.6) is 0 Å². The highest BCUT2D eigenvalue weighted by Crippen LogP contribution is 2.29. The first-order valence-electron chi connectivity index (χ1n) is 5.78. The molecule has 1 atom stereocenters. The molecule has 0 aromatic heterocycles. The van der Waals surface area contributed by atoms with E-state index < -0.39 is 23.1 Å². The molecule has 1 unspecified atom stereocenters. The van der Waals surface area contributed by atoms with Crippen LogP contribution in [-0.4, -0.2) is 28.9 Å². The van der Waals surface area contributed by atoms with Crippen molar-refractivity contribution in [2.24, 2.45) is 0 Å². The summed E-state index contributed by atoms with van der Waals surface area (Å²) in [6.07, 6.45) is 0.949. The van der Waals surface area contributed by atoms with Crippen molar-refractivity contribution in [3.8, 4) is 0 Å². The summed E-state index contributed by atoms with van der Waals surface area (Å²) in [5.74, 6) is -3.52. The molecule has 0 bridgehead atoms. The van der Waals surface area contributed by atoms with Crippen LogP contribution in [0.1, 0.15) is 25.8 Å². The molecule has 0 aliphatic heterocycles. The minimum Gasteiger partial charge on any atom is -0.479 e. The highest BCUT2D eigenvalue weighted by atomic mass is 19.2. The summed E-state index contributed by atoms with van der Waals surface area (Å²) >= 11 is 0. The predicted molar refractivity (Wildman–Crippen MR) is 64.4 cm³/mol. The summed E-state index contributed by atoms with van der Waals surface area (Å²) in [6.45, 7) is 3.27. The molecule has 0 fully saturated rings. The summed E-state index contributed by atoms with van der Waals surface area (Å²) in [7, 11) is 0. The van der Waals surface area contributed by atoms with Crippen LogP contribution in [0.25, 0.3) is 0 Å². The molecule has 4 nitrogen and oxygen atoms in total. The van der Waals surface area contributed by atoms with Crippen LogP contribution in [0, 0.1) is 11.6 Å². The average Bonchev–Trinajstić information content (AvgIpc) is 2.38. The fourth-order valence-electron chi connectivity index (χ4n) is 1.83. The number of carboxylic acids is 1. The molecule has 0 heterocycles. The molecule has 1 aromatic rings. The maximum absolute atomic E-state index is 13.3. The molecule has 0 aliphatic carbocycles. The van der Waals surface area contributed by atoms with Gasteiger partial charge in [-0.2, -0.15) is 0 Å². The molecule has 0 saturated carbocycles. The largest absolute Gasteiger partial charge is 0.479 e. The first-order valence-corrected chi connectivity index (χ1v) is 5.78. The second kappa shape index (κ2) is 5.77. The molecule has 1 amide bonds. The number of carbonyl (C=O) groups excluding carboxylic acids is 1. The molecule has 0 spiro atoms. The summed E-state index contributed by atoms with van der Waals surface area (Å²) in [5, 5.41) is 9.36. The molecule has 1 aromatic carbocycles. The zero-order valence-electron chi connectivity index (χ0n) is 10.7. The number of carboxylic acid groups (broad SMARTS) is 1. The summed E-state index contributed by atoms with van der Waals surface area (Å²) in [4.78, 5) is 23.6. The van der Waals surface area contributed by atoms with Gasteiger partial charge in [0.05, 0.1) is 0 Å². The molecule has 6 heteroatoms. The van der Waals surface area contributed by atoms with Crippen molar-refractivity contribution >= 4 is 12.4 Å². The summed E-state index contributed by atoms with van der Waals surface area (Å²) in [5.41, 5.74) is -1.72. The fraction of sp³-hybridized carbons (Fsp3) is 0.385. The van der Waals surface area contributed by atoms with E-state index >= 15 is 0 Å². The first-order chi connectivity index (χ1) is 8.87. The Bertz CT molecular complexity index is 493. The van der Waals surface area contributed by atoms with E-state index in [1.807, 2.05) is 0 Å². The Kier molecular flexibility index (Phi) is 4.58. The van der Waals surface area contributed by atoms with Gasteiger partial charge < -0.3 is 10.0 Å². The Morgan fingerprint density at radius 3 is 2.47 bits per heavy atom. The Labute approximate surface area is 109 Å². The summed E-state index contributed by atoms with van der Waals surface area (Å²) < 4.78 is 26.2. The van der Waals surface area contributed by atoms with Crippen molar-refractivity contribution in [1.82, 2.24) is 4.90 Å². The number of aliphatic carboxylic acids is 1. The van der Waals surface area contributed by atoms with Gasteiger partial charge in [0.15, 0.2) is 17.2 Å². The van der Waals surface area contributed by atoms with E-state index in [1.165, 1.54) is 13.0 Å². The van der Waals surface area contributed by atoms with Crippen LogP contribution in [-0.2, 0) is 15.1 Å². The third-order valence-electron chi connectivity index (χ3n) is 3.06. The number of amides is 1. The number of benzene rings is 1. The van der Waals surface area contributed by atoms with Gasteiger partial charge in [-0.05, 0) is 31.0 Å². The third kappa shape index (κ3) is 2.72. The Morgan fingerprint density at radius 1 is 1.42 bits per heavy atom. The van der Waals surface area contributed by atoms with Crippen LogP contribution in [0.15, 0.2) is 18.2 Å². The number of carbonyl (C=O) groups is 2. The van der Waals surface area contributed by atoms with E-state index in [-0.39, 0.29) is 12.1 Å². The molecule has 0 radical (unpaired) electrons. The van der Waals surface area contributed by atoms with E-state index in [1.54, 1.807) is 6.92 Å². The zero-order chi connectivity index (χ0) is 14.6. The van der Waals surface area contributed by atoms with Crippen LogP contribution in [0.3, 0.4) is 0 Å². The summed E-state index contributed by atoms with van der Waals surface area (Å²) in [6, 6.07) is 2.81. The molecule has 19 heavy (non-hydrogen) atoms. The van der Waals surface area contributed by atoms with Crippen molar-refractivity contribution in [2.45, 2.75) is 25.8 Å². The van der Waals surface area contributed by atoms with Gasteiger partial charge in [-0.25, -0.2) is 13.6 Å². The van der Waals surface area contributed by atoms with Crippen LogP contribution in [0.4, 0.5) is 8.78 Å². The van der Waals surface area contributed by atoms with Gasteiger partial charge in [-0.3, -0.25) is 4.79 Å². The van der Waals surface area contributed by atoms with Gasteiger partial charge in [0.25, 0.3) is 0 Å². The maximum Gasteiger partial charge on any atom is 0.334 e. The Balaban J connectivity index is 3.35. The highest BCUT2D eigenvalue weighted by Gasteiger charge is 2.41. The van der Waals surface area contributed by atoms with E-state index in [0.717, 1.165) is 17.0 Å². The van der Waals surface area contributed by atoms with E-state index in [9.17, 15) is 23.5 Å². The SMILES string of the molecule is CCCN(C=O)C(C)(C(=O)O)c1ccc(F)c(F)c1. The monoisotopic (exact) mass is 271 g/mol. The fourth-order valence-corrected chi connectivity index (χ4v) is 1.83. The van der Waals surface area contributed by atoms with Crippen LogP contribution >= 0.6 is 0 Å². The Hall–Kier alpha value is -1.98. The van der Waals surface area contributed by atoms with Crippen molar-refractivity contribution in [2.75, 3.05) is 6.54 Å². The smallest absolute Gasteiger partial charge is 0.334 e. The van der Waals surface area contributed by atoms with Gasteiger partial charge in [0, 0.05) is 6.54 Å². The predicted octanol–water partition coefficient (Wildman–Crippen LogP) is 2.13. The highest BCUT2D eigenvalue weighted by molar-refractivity contribution is 5.82. The minimum atomic E-state index is -1.73. The number of hydrogen-bond donors (Lipinski definition) is 1. The van der Waals surface area contributed by atoms with E-state index in [2.05, 4.69) is 0 Å². The molecular formula is C13H15F2NO3. The lowest BCUT2D eigenvalue weighted by Gasteiger charge is -2.35. The lowest BCUT2D eigenvalue weighted by molar-refractivity contribution is -0.154. The maximum atomic E-state index is 13.3. The number of rotatable bonds is 6. The lowest BCUT2D eigenvalue weighted by Crippen LogP contribution is -2.49. The number of hydrogen-bond acceptors (Lipinski definition) is 2. The molecule has 0 aliphatic rings. The van der Waals surface area contributed by atoms with Crippen LogP contribution in [0.2, 0.25) is 0 Å². The van der Waals surface area contributed by atoms with Gasteiger partial charge in [-0.1, -0.05) is 13.0 Å².